The van der Waals surface area contributed by atoms with E-state index in [1.165, 1.54) is 6.92 Å². The molecule has 5 aliphatic carbocycles. The Morgan fingerprint density at radius 2 is 1.30 bits per heavy atom. The quantitative estimate of drug-likeness (QED) is 0.0723. The molecule has 408 valence electrons. The molecule has 3 heterocycles. The van der Waals surface area contributed by atoms with Crippen LogP contribution in [0.25, 0.3) is 0 Å². The van der Waals surface area contributed by atoms with Gasteiger partial charge in [0.1, 0.15) is 67.1 Å². The molecule has 8 aliphatic rings. The van der Waals surface area contributed by atoms with Crippen LogP contribution >= 0.6 is 0 Å². The maximum absolute atomic E-state index is 12.1. The van der Waals surface area contributed by atoms with E-state index in [0.717, 1.165) is 11.1 Å². The lowest BCUT2D eigenvalue weighted by Gasteiger charge is -2.70. The van der Waals surface area contributed by atoms with Gasteiger partial charge in [0.15, 0.2) is 18.9 Å². The highest BCUT2D eigenvalue weighted by atomic mass is 32.3. The predicted molar refractivity (Wildman–Crippen MR) is 243 cm³/mol. The van der Waals surface area contributed by atoms with E-state index in [9.17, 15) is 74.2 Å². The first-order valence-corrected chi connectivity index (χ1v) is 26.3. The summed E-state index contributed by atoms with van der Waals surface area (Å²) in [6.07, 6.45) is -19.6. The number of ether oxygens (including phenoxy) is 6. The highest BCUT2D eigenvalue weighted by Crippen LogP contribution is 2.74. The van der Waals surface area contributed by atoms with Gasteiger partial charge >= 0.3 is 10.4 Å². The first-order valence-electron chi connectivity index (χ1n) is 25.0. The van der Waals surface area contributed by atoms with E-state index < -0.39 is 160 Å². The lowest BCUT2D eigenvalue weighted by Crippen LogP contribution is -2.68. The fourth-order valence-corrected chi connectivity index (χ4v) is 15.3. The first-order chi connectivity index (χ1) is 33.2. The SMILES string of the molecule is C[C@@H]1O[C@H](O[C@H]2CC[C@]3(C)[C@@H](CC[C@@]4(C)[C@@H]3C=CC3=C5C[C@](C)(CO)CC[C@@]5(CO)[C@H](O)C[C@@]34C)[C@]2(C)CO)[C@@H](O[C@H]2O[C@@H](CO)[C@H](O)[C@@H](O)[C@@H]2O)[C@H](O[C@H]2O[C@@H](CO)[C@H](OS(=O)(=O)O)[C@@H](O)[C@@H]2O)[C@H]1O. The number of fused-ring (bicyclic) bond motifs is 6. The molecule has 0 spiro atoms. The normalized spacial score (nSPS) is 53.4. The van der Waals surface area contributed by atoms with Crippen molar-refractivity contribution in [3.05, 3.63) is 23.3 Å². The van der Waals surface area contributed by atoms with Gasteiger partial charge in [-0.3, -0.25) is 4.55 Å². The van der Waals surface area contributed by atoms with E-state index in [0.29, 0.717) is 51.4 Å². The van der Waals surface area contributed by atoms with Crippen LogP contribution in [0, 0.1) is 44.3 Å². The second-order valence-corrected chi connectivity index (χ2v) is 24.4. The molecule has 25 atom stereocenters. The zero-order chi connectivity index (χ0) is 52.2. The zero-order valence-corrected chi connectivity index (χ0v) is 42.0. The van der Waals surface area contributed by atoms with Gasteiger partial charge in [0, 0.05) is 22.9 Å². The van der Waals surface area contributed by atoms with Gasteiger partial charge in [0.05, 0.1) is 44.7 Å². The molecule has 23 heteroatoms. The van der Waals surface area contributed by atoms with Gasteiger partial charge in [-0.25, -0.2) is 4.18 Å². The average molecular weight is 1040 g/mol. The Labute approximate surface area is 414 Å². The molecule has 22 nitrogen and oxygen atoms in total. The van der Waals surface area contributed by atoms with E-state index in [1.54, 1.807) is 0 Å². The number of hydrogen-bond acceptors (Lipinski definition) is 21. The van der Waals surface area contributed by atoms with Crippen molar-refractivity contribution in [2.75, 3.05) is 33.0 Å². The van der Waals surface area contributed by atoms with E-state index in [2.05, 4.69) is 44.0 Å². The standard InChI is InChI=1S/C48H78O22S/c1-22-31(55)38(68-41-36(60)34(58)37(26(18-50)66-41)70-71(61,62)63)39(69-40-35(59)33(57)32(56)25(17-49)65-40)42(64-22)67-30-10-11-44(3)27(45(30,4)20-52)9-12-46(5)28(44)8-7-23-24-15-43(2,19-51)13-14-48(24,21-53)29(54)16-47(23,46)6/h7-8,22,25-42,49-60H,9-21H2,1-6H3,(H,61,62,63)/t22-,25-,26-,27+,28+,29+,30-,31-,32-,33+,34-,35-,36-,37-,38+,39-,40+,41+,42+,43+,44+,45-,46-,47-,48-/m0/s1. The second-order valence-electron chi connectivity index (χ2n) is 23.4. The van der Waals surface area contributed by atoms with Crippen LogP contribution in [0.5, 0.6) is 0 Å². The minimum atomic E-state index is -5.24. The Hall–Kier alpha value is -1.37. The van der Waals surface area contributed by atoms with Crippen LogP contribution in [0.1, 0.15) is 92.9 Å². The Morgan fingerprint density at radius 1 is 0.662 bits per heavy atom. The van der Waals surface area contributed by atoms with Gasteiger partial charge in [-0.05, 0) is 91.9 Å². The predicted octanol–water partition coefficient (Wildman–Crippen LogP) is -1.70. The third-order valence-corrected chi connectivity index (χ3v) is 19.9. The molecule has 13 N–H and O–H groups in total. The fraction of sp³-hybridized carbons (Fsp3) is 0.917. The van der Waals surface area contributed by atoms with Crippen LogP contribution in [0.3, 0.4) is 0 Å². The van der Waals surface area contributed by atoms with Gasteiger partial charge in [0.25, 0.3) is 0 Å². The smallest absolute Gasteiger partial charge is 0.396 e. The number of aliphatic hydroxyl groups is 12. The van der Waals surface area contributed by atoms with Gasteiger partial charge < -0.3 is 89.7 Å². The van der Waals surface area contributed by atoms with Crippen molar-refractivity contribution in [1.29, 1.82) is 0 Å². The molecule has 71 heavy (non-hydrogen) atoms. The van der Waals surface area contributed by atoms with Crippen LogP contribution in [-0.4, -0.2) is 212 Å². The Balaban J connectivity index is 1.12. The fourth-order valence-electron chi connectivity index (χ4n) is 14.8. The summed E-state index contributed by atoms with van der Waals surface area (Å²) in [5.74, 6) is -0.249. The maximum Gasteiger partial charge on any atom is 0.397 e. The minimum Gasteiger partial charge on any atom is -0.396 e. The van der Waals surface area contributed by atoms with Crippen molar-refractivity contribution in [2.24, 2.45) is 44.3 Å². The molecule has 0 radical (unpaired) electrons. The molecule has 3 saturated carbocycles. The Kier molecular flexibility index (Phi) is 15.6. The molecule has 3 saturated heterocycles. The molecule has 3 aliphatic heterocycles. The molecule has 0 aromatic carbocycles. The molecule has 0 unspecified atom stereocenters. The molecule has 6 fully saturated rings. The molecule has 8 rings (SSSR count). The van der Waals surface area contributed by atoms with Crippen molar-refractivity contribution in [2.45, 2.75) is 197 Å². The van der Waals surface area contributed by atoms with Crippen molar-refractivity contribution < 1.29 is 107 Å². The molecular weight excluding hydrogens is 961 g/mol. The Morgan fingerprint density at radius 3 is 1.90 bits per heavy atom. The summed E-state index contributed by atoms with van der Waals surface area (Å²) in [5, 5.41) is 132. The lowest BCUT2D eigenvalue weighted by atomic mass is 9.35. The third-order valence-electron chi connectivity index (χ3n) is 19.4. The maximum atomic E-state index is 12.1. The van der Waals surface area contributed by atoms with Crippen LogP contribution < -0.4 is 0 Å². The molecule has 0 amide bonds. The van der Waals surface area contributed by atoms with E-state index >= 15 is 0 Å². The van der Waals surface area contributed by atoms with Crippen molar-refractivity contribution in [3.63, 3.8) is 0 Å². The highest BCUT2D eigenvalue weighted by molar-refractivity contribution is 7.80. The van der Waals surface area contributed by atoms with Crippen molar-refractivity contribution >= 4 is 10.4 Å². The van der Waals surface area contributed by atoms with Gasteiger partial charge in [-0.1, -0.05) is 52.3 Å². The van der Waals surface area contributed by atoms with Crippen LogP contribution in [0.15, 0.2) is 23.3 Å². The largest absolute Gasteiger partial charge is 0.397 e. The van der Waals surface area contributed by atoms with Gasteiger partial charge in [0.2, 0.25) is 0 Å². The molecule has 0 aromatic rings. The molecule has 0 bridgehead atoms. The molecular formula is C48H78O22S. The zero-order valence-electron chi connectivity index (χ0n) is 41.2. The lowest BCUT2D eigenvalue weighted by molar-refractivity contribution is -0.397. The topological polar surface area (TPSA) is 362 Å². The van der Waals surface area contributed by atoms with Crippen molar-refractivity contribution in [1.82, 2.24) is 0 Å². The van der Waals surface area contributed by atoms with Gasteiger partial charge in [-0.15, -0.1) is 0 Å². The third kappa shape index (κ3) is 9.04. The molecule has 0 aromatic heterocycles. The summed E-state index contributed by atoms with van der Waals surface area (Å²) < 4.78 is 74.0. The van der Waals surface area contributed by atoms with E-state index in [-0.39, 0.29) is 31.7 Å². The van der Waals surface area contributed by atoms with Crippen LogP contribution in [-0.2, 0) is 43.0 Å². The summed E-state index contributed by atoms with van der Waals surface area (Å²) >= 11 is 0. The first kappa shape index (κ1) is 55.9. The summed E-state index contributed by atoms with van der Waals surface area (Å²) in [6.45, 7) is 9.79. The van der Waals surface area contributed by atoms with Crippen LogP contribution in [0.2, 0.25) is 0 Å². The number of rotatable bonds is 13. The summed E-state index contributed by atoms with van der Waals surface area (Å²) in [7, 11) is -5.24. The summed E-state index contributed by atoms with van der Waals surface area (Å²) in [6, 6.07) is 0. The second kappa shape index (κ2) is 19.9. The average Bonchev–Trinajstić information content (AvgIpc) is 3.32. The van der Waals surface area contributed by atoms with Crippen molar-refractivity contribution in [3.8, 4) is 0 Å². The Bertz CT molecular complexity index is 2090. The van der Waals surface area contributed by atoms with Crippen LogP contribution in [0.4, 0.5) is 0 Å². The van der Waals surface area contributed by atoms with Gasteiger partial charge in [-0.2, -0.15) is 8.42 Å². The number of aliphatic hydroxyl groups excluding tert-OH is 12. The monoisotopic (exact) mass is 1040 g/mol. The highest BCUT2D eigenvalue weighted by Gasteiger charge is 2.69. The number of hydrogen-bond donors (Lipinski definition) is 13. The number of allylic oxidation sites excluding steroid dienone is 3. The van der Waals surface area contributed by atoms with E-state index in [4.69, 9.17) is 28.4 Å². The summed E-state index contributed by atoms with van der Waals surface area (Å²) in [5.41, 5.74) is -1.43. The minimum absolute atomic E-state index is 0.0183. The summed E-state index contributed by atoms with van der Waals surface area (Å²) in [4.78, 5) is 0. The van der Waals surface area contributed by atoms with E-state index in [1.807, 2.05) is 6.92 Å².